The molecule has 1 aliphatic heterocycles. The first-order valence-corrected chi connectivity index (χ1v) is 10.3. The second kappa shape index (κ2) is 5.01. The van der Waals surface area contributed by atoms with Gasteiger partial charge in [-0.05, 0) is 67.1 Å². The molecule has 4 nitrogen and oxygen atoms in total. The van der Waals surface area contributed by atoms with E-state index in [2.05, 4.69) is 13.8 Å². The number of hydrogen-bond donors (Lipinski definition) is 1. The Hall–Kier alpha value is -0.610. The van der Waals surface area contributed by atoms with Gasteiger partial charge in [0.2, 0.25) is 0 Å². The maximum absolute atomic E-state index is 11.9. The molecule has 0 aromatic rings. The summed E-state index contributed by atoms with van der Waals surface area (Å²) in [6.45, 7) is 6.53. The van der Waals surface area contributed by atoms with E-state index in [0.717, 1.165) is 12.8 Å². The van der Waals surface area contributed by atoms with Gasteiger partial charge in [-0.1, -0.05) is 20.3 Å². The van der Waals surface area contributed by atoms with Crippen LogP contribution in [0.15, 0.2) is 0 Å². The summed E-state index contributed by atoms with van der Waals surface area (Å²) in [5.41, 5.74) is 0.225. The van der Waals surface area contributed by atoms with Crippen LogP contribution >= 0.6 is 0 Å². The molecule has 140 valence electrons. The molecule has 4 heteroatoms. The molecule has 1 heterocycles. The lowest BCUT2D eigenvalue weighted by molar-refractivity contribution is -0.229. The lowest BCUT2D eigenvalue weighted by atomic mass is 9.40. The van der Waals surface area contributed by atoms with E-state index in [-0.39, 0.29) is 34.9 Å². The van der Waals surface area contributed by atoms with Gasteiger partial charge in [-0.25, -0.2) is 0 Å². The topological polar surface area (TPSA) is 59.1 Å². The molecule has 1 saturated heterocycles. The highest BCUT2D eigenvalue weighted by Crippen LogP contribution is 2.75. The minimum absolute atomic E-state index is 0.0302. The summed E-state index contributed by atoms with van der Waals surface area (Å²) in [7, 11) is 0. The maximum Gasteiger partial charge on any atom is 0.302 e. The van der Waals surface area contributed by atoms with E-state index < -0.39 is 0 Å². The molecule has 4 saturated carbocycles. The summed E-state index contributed by atoms with van der Waals surface area (Å²) in [5, 5.41) is 10.2. The summed E-state index contributed by atoms with van der Waals surface area (Å²) < 4.78 is 12.2. The van der Waals surface area contributed by atoms with Crippen LogP contribution in [0, 0.1) is 34.0 Å². The lowest BCUT2D eigenvalue weighted by Gasteiger charge is -2.66. The van der Waals surface area contributed by atoms with Crippen LogP contribution in [-0.2, 0) is 14.3 Å². The predicted molar refractivity (Wildman–Crippen MR) is 92.7 cm³/mol. The molecule has 2 bridgehead atoms. The second-order valence-electron chi connectivity index (χ2n) is 10.3. The fraction of sp³-hybridized carbons (Fsp3) is 0.952. The summed E-state index contributed by atoms with van der Waals surface area (Å²) in [6.07, 6.45) is 8.84. The third kappa shape index (κ3) is 1.93. The molecule has 1 spiro atoms. The van der Waals surface area contributed by atoms with Crippen molar-refractivity contribution >= 4 is 5.97 Å². The number of hydrogen-bond acceptors (Lipinski definition) is 4. The lowest BCUT2D eigenvalue weighted by Crippen LogP contribution is -2.64. The standard InChI is InChI=1S/C21H32O4/c1-12(23)24-16-9-15-19(2,11-22)7-4-8-20(15,3)14-6-5-13-10-21(14,16)18-17(13)25-18/h13-18,22H,4-11H2,1-3H3/t13-,14+,15-,16+,17+,18+,19-,20+,21-/m1/s1. The largest absolute Gasteiger partial charge is 0.462 e. The third-order valence-electron chi connectivity index (χ3n) is 9.23. The predicted octanol–water partition coefficient (Wildman–Crippen LogP) is 3.31. The minimum Gasteiger partial charge on any atom is -0.462 e. The molecule has 0 aromatic carbocycles. The normalized spacial score (nSPS) is 58.7. The molecule has 0 amide bonds. The maximum atomic E-state index is 11.9. The van der Waals surface area contributed by atoms with Crippen LogP contribution in [0.5, 0.6) is 0 Å². The first-order valence-electron chi connectivity index (χ1n) is 10.3. The zero-order valence-electron chi connectivity index (χ0n) is 15.8. The number of carbonyl (C=O) groups excluding carboxylic acids is 1. The molecule has 0 unspecified atom stereocenters. The van der Waals surface area contributed by atoms with E-state index in [1.165, 1.54) is 32.1 Å². The summed E-state index contributed by atoms with van der Waals surface area (Å²) in [4.78, 5) is 11.9. The van der Waals surface area contributed by atoms with Crippen molar-refractivity contribution in [3.63, 3.8) is 0 Å². The van der Waals surface area contributed by atoms with Crippen LogP contribution in [0.2, 0.25) is 0 Å². The number of aliphatic hydroxyl groups excluding tert-OH is 1. The van der Waals surface area contributed by atoms with Gasteiger partial charge >= 0.3 is 5.97 Å². The minimum atomic E-state index is -0.158. The quantitative estimate of drug-likeness (QED) is 0.614. The third-order valence-corrected chi connectivity index (χ3v) is 9.23. The van der Waals surface area contributed by atoms with Gasteiger partial charge in [0.1, 0.15) is 6.10 Å². The Kier molecular flexibility index (Phi) is 3.32. The first kappa shape index (κ1) is 16.6. The molecule has 1 N–H and O–H groups in total. The van der Waals surface area contributed by atoms with Crippen molar-refractivity contribution in [2.45, 2.75) is 84.0 Å². The monoisotopic (exact) mass is 348 g/mol. The number of aliphatic hydroxyl groups is 1. The number of rotatable bonds is 2. The van der Waals surface area contributed by atoms with Crippen LogP contribution in [0.25, 0.3) is 0 Å². The van der Waals surface area contributed by atoms with Crippen molar-refractivity contribution in [1.82, 2.24) is 0 Å². The number of esters is 1. The fourth-order valence-electron chi connectivity index (χ4n) is 8.31. The van der Waals surface area contributed by atoms with Crippen molar-refractivity contribution in [1.29, 1.82) is 0 Å². The van der Waals surface area contributed by atoms with Crippen molar-refractivity contribution in [2.75, 3.05) is 6.61 Å². The number of carbonyl (C=O) groups is 1. The van der Waals surface area contributed by atoms with Crippen LogP contribution in [-0.4, -0.2) is 36.0 Å². The van der Waals surface area contributed by atoms with E-state index in [4.69, 9.17) is 9.47 Å². The van der Waals surface area contributed by atoms with Crippen LogP contribution in [0.4, 0.5) is 0 Å². The SMILES string of the molecule is CC(=O)O[C@H]1C[C@@H]2[C@@](C)(CO)CCC[C@@]2(C)[C@@H]2CC[C@@H]3C[C@]12[C@H]1O[C@@H]31. The van der Waals surface area contributed by atoms with Crippen molar-refractivity contribution < 1.29 is 19.4 Å². The number of ether oxygens (including phenoxy) is 2. The molecule has 5 fully saturated rings. The van der Waals surface area contributed by atoms with Gasteiger partial charge in [-0.15, -0.1) is 0 Å². The summed E-state index contributed by atoms with van der Waals surface area (Å²) >= 11 is 0. The van der Waals surface area contributed by atoms with E-state index in [1.54, 1.807) is 6.92 Å². The molecular formula is C21H32O4. The van der Waals surface area contributed by atoms with Gasteiger partial charge < -0.3 is 14.6 Å². The highest BCUT2D eigenvalue weighted by molar-refractivity contribution is 5.66. The number of fused-ring (bicyclic) bond motifs is 5. The smallest absolute Gasteiger partial charge is 0.302 e. The zero-order valence-corrected chi connectivity index (χ0v) is 15.8. The fourth-order valence-corrected chi connectivity index (χ4v) is 8.31. The van der Waals surface area contributed by atoms with Crippen molar-refractivity contribution in [2.24, 2.45) is 34.0 Å². The summed E-state index contributed by atoms with van der Waals surface area (Å²) in [6, 6.07) is 0. The Morgan fingerprint density at radius 1 is 1.24 bits per heavy atom. The van der Waals surface area contributed by atoms with E-state index in [0.29, 0.717) is 30.0 Å². The van der Waals surface area contributed by atoms with Gasteiger partial charge in [-0.3, -0.25) is 4.79 Å². The van der Waals surface area contributed by atoms with Crippen molar-refractivity contribution in [3.8, 4) is 0 Å². The molecule has 25 heavy (non-hydrogen) atoms. The average Bonchev–Trinajstić information content (AvgIpc) is 3.33. The van der Waals surface area contributed by atoms with Gasteiger partial charge in [0.15, 0.2) is 0 Å². The Labute approximate surface area is 150 Å². The average molecular weight is 348 g/mol. The van der Waals surface area contributed by atoms with Gasteiger partial charge in [0.05, 0.1) is 12.2 Å². The Balaban J connectivity index is 1.61. The number of epoxide rings is 1. The van der Waals surface area contributed by atoms with E-state index >= 15 is 0 Å². The van der Waals surface area contributed by atoms with E-state index in [9.17, 15) is 9.90 Å². The van der Waals surface area contributed by atoms with E-state index in [1.807, 2.05) is 0 Å². The molecule has 0 aromatic heterocycles. The molecule has 5 rings (SSSR count). The Morgan fingerprint density at radius 2 is 2.04 bits per heavy atom. The first-order chi connectivity index (χ1) is 11.8. The van der Waals surface area contributed by atoms with Gasteiger partial charge in [0, 0.05) is 18.9 Å². The van der Waals surface area contributed by atoms with Gasteiger partial charge in [-0.2, -0.15) is 0 Å². The second-order valence-corrected chi connectivity index (χ2v) is 10.3. The molecular weight excluding hydrogens is 316 g/mol. The van der Waals surface area contributed by atoms with Crippen LogP contribution in [0.3, 0.4) is 0 Å². The molecule has 5 aliphatic rings. The zero-order chi connectivity index (χ0) is 17.6. The van der Waals surface area contributed by atoms with Crippen LogP contribution < -0.4 is 0 Å². The Morgan fingerprint density at radius 3 is 2.76 bits per heavy atom. The molecule has 4 aliphatic carbocycles. The molecule has 0 radical (unpaired) electrons. The van der Waals surface area contributed by atoms with Gasteiger partial charge in [0.25, 0.3) is 0 Å². The highest BCUT2D eigenvalue weighted by Gasteiger charge is 2.77. The molecule has 9 atom stereocenters. The highest BCUT2D eigenvalue weighted by atomic mass is 16.6. The Bertz CT molecular complexity index is 605. The van der Waals surface area contributed by atoms with Crippen LogP contribution in [0.1, 0.15) is 65.7 Å². The summed E-state index contributed by atoms with van der Waals surface area (Å²) in [5.74, 6) is 1.50. The van der Waals surface area contributed by atoms with Crippen molar-refractivity contribution in [3.05, 3.63) is 0 Å².